The van der Waals surface area contributed by atoms with Gasteiger partial charge in [-0.1, -0.05) is 116 Å². The molecule has 4 aromatic rings. The number of hydrogen-bond acceptors (Lipinski definition) is 2. The molecule has 35 heavy (non-hydrogen) atoms. The van der Waals surface area contributed by atoms with Gasteiger partial charge in [0.05, 0.1) is 0 Å². The van der Waals surface area contributed by atoms with Crippen LogP contribution in [0.5, 0.6) is 0 Å². The monoisotopic (exact) mass is 456 g/mol. The number of ketones is 2. The molecule has 2 nitrogen and oxygen atoms in total. The minimum Gasteiger partial charge on any atom is -0.294 e. The van der Waals surface area contributed by atoms with E-state index in [1.807, 2.05) is 84.9 Å². The Bertz CT molecular complexity index is 1230. The van der Waals surface area contributed by atoms with Gasteiger partial charge in [-0.3, -0.25) is 9.59 Å². The standard InChI is InChI=1S/C33H28O2/c34-32(26-18-14-24(15-19-26)22-8-3-1-4-9-22)30-28-12-7-13-29(28)31(30)33(35)27-20-16-25(17-21-27)23-10-5-2-6-11-23/h1-6,8-11,14-21,28-31H,7,12-13H2/t28-,29+,30+,31-. The number of Topliss-reactive ketones (excluding diaryl/α,β-unsaturated/α-hetero) is 2. The van der Waals surface area contributed by atoms with Gasteiger partial charge in [-0.15, -0.1) is 0 Å². The average molecular weight is 457 g/mol. The van der Waals surface area contributed by atoms with E-state index in [9.17, 15) is 9.59 Å². The van der Waals surface area contributed by atoms with E-state index in [1.165, 1.54) is 0 Å². The van der Waals surface area contributed by atoms with Gasteiger partial charge in [0, 0.05) is 23.0 Å². The summed E-state index contributed by atoms with van der Waals surface area (Å²) < 4.78 is 0. The lowest BCUT2D eigenvalue weighted by molar-refractivity contribution is 0.0130. The molecular formula is C33H28O2. The van der Waals surface area contributed by atoms with Gasteiger partial charge in [0.2, 0.25) is 0 Å². The van der Waals surface area contributed by atoms with Crippen molar-refractivity contribution in [3.63, 3.8) is 0 Å². The van der Waals surface area contributed by atoms with Crippen LogP contribution in [0.2, 0.25) is 0 Å². The number of benzene rings is 4. The highest BCUT2D eigenvalue weighted by Gasteiger charge is 2.58. The molecule has 0 radical (unpaired) electrons. The van der Waals surface area contributed by atoms with Crippen molar-refractivity contribution in [2.24, 2.45) is 23.7 Å². The lowest BCUT2D eigenvalue weighted by atomic mass is 9.54. The fraction of sp³-hybridized carbons (Fsp3) is 0.212. The van der Waals surface area contributed by atoms with Gasteiger partial charge in [-0.2, -0.15) is 0 Å². The third-order valence-electron chi connectivity index (χ3n) is 8.09. The van der Waals surface area contributed by atoms with Crippen LogP contribution in [0.4, 0.5) is 0 Å². The molecule has 0 bridgehead atoms. The first kappa shape index (κ1) is 21.7. The summed E-state index contributed by atoms with van der Waals surface area (Å²) in [7, 11) is 0. The first-order valence-corrected chi connectivity index (χ1v) is 12.6. The van der Waals surface area contributed by atoms with E-state index in [4.69, 9.17) is 0 Å². The molecule has 2 fully saturated rings. The summed E-state index contributed by atoms with van der Waals surface area (Å²) in [6.07, 6.45) is 3.22. The van der Waals surface area contributed by atoms with Gasteiger partial charge in [0.1, 0.15) is 0 Å². The van der Waals surface area contributed by atoms with Crippen molar-refractivity contribution < 1.29 is 9.59 Å². The van der Waals surface area contributed by atoms with Crippen LogP contribution in [0.25, 0.3) is 22.3 Å². The van der Waals surface area contributed by atoms with E-state index in [2.05, 4.69) is 24.3 Å². The van der Waals surface area contributed by atoms with Gasteiger partial charge in [-0.05, 0) is 46.9 Å². The maximum Gasteiger partial charge on any atom is 0.166 e. The summed E-state index contributed by atoms with van der Waals surface area (Å²) >= 11 is 0. The smallest absolute Gasteiger partial charge is 0.166 e. The SMILES string of the molecule is O=C(c1ccc(-c2ccccc2)cc1)[C@@H]1[C@H]2CCC[C@H]2[C@@H]1C(=O)c1ccc(-c2ccccc2)cc1. The number of rotatable bonds is 6. The van der Waals surface area contributed by atoms with Crippen LogP contribution < -0.4 is 0 Å². The number of hydrogen-bond donors (Lipinski definition) is 0. The average Bonchev–Trinajstić information content (AvgIpc) is 3.32. The molecule has 0 heterocycles. The molecule has 0 aliphatic heterocycles. The zero-order chi connectivity index (χ0) is 23.8. The quantitative estimate of drug-likeness (QED) is 0.278. The molecule has 0 spiro atoms. The Labute approximate surface area is 206 Å². The van der Waals surface area contributed by atoms with E-state index in [-0.39, 0.29) is 23.4 Å². The van der Waals surface area contributed by atoms with Crippen LogP contribution >= 0.6 is 0 Å². The Kier molecular flexibility index (Phi) is 5.66. The van der Waals surface area contributed by atoms with Gasteiger partial charge in [0.25, 0.3) is 0 Å². The van der Waals surface area contributed by atoms with Crippen molar-refractivity contribution >= 4 is 11.6 Å². The van der Waals surface area contributed by atoms with Crippen molar-refractivity contribution in [1.82, 2.24) is 0 Å². The lowest BCUT2D eigenvalue weighted by Crippen LogP contribution is -2.51. The maximum absolute atomic E-state index is 13.7. The molecule has 2 aliphatic carbocycles. The highest BCUT2D eigenvalue weighted by Crippen LogP contribution is 2.57. The van der Waals surface area contributed by atoms with Gasteiger partial charge < -0.3 is 0 Å². The van der Waals surface area contributed by atoms with Crippen molar-refractivity contribution in [1.29, 1.82) is 0 Å². The second-order valence-electron chi connectivity index (χ2n) is 9.93. The van der Waals surface area contributed by atoms with Crippen molar-refractivity contribution in [2.75, 3.05) is 0 Å². The second kappa shape index (κ2) is 9.11. The lowest BCUT2D eigenvalue weighted by Gasteiger charge is -2.47. The van der Waals surface area contributed by atoms with Crippen molar-refractivity contribution in [3.8, 4) is 22.3 Å². The van der Waals surface area contributed by atoms with E-state index in [0.717, 1.165) is 52.6 Å². The van der Waals surface area contributed by atoms with Gasteiger partial charge in [-0.25, -0.2) is 0 Å². The molecule has 0 N–H and O–H groups in total. The van der Waals surface area contributed by atoms with Crippen LogP contribution in [0.3, 0.4) is 0 Å². The van der Waals surface area contributed by atoms with Gasteiger partial charge >= 0.3 is 0 Å². The summed E-state index contributed by atoms with van der Waals surface area (Å²) in [5.74, 6) is 0.541. The summed E-state index contributed by atoms with van der Waals surface area (Å²) in [5, 5.41) is 0. The molecule has 0 aromatic heterocycles. The Morgan fingerprint density at radius 1 is 0.457 bits per heavy atom. The van der Waals surface area contributed by atoms with Crippen LogP contribution in [0.15, 0.2) is 109 Å². The minimum atomic E-state index is -0.202. The minimum absolute atomic E-state index is 0.131. The Hall–Kier alpha value is -3.78. The third-order valence-corrected chi connectivity index (χ3v) is 8.09. The van der Waals surface area contributed by atoms with Crippen molar-refractivity contribution in [3.05, 3.63) is 120 Å². The third kappa shape index (κ3) is 3.93. The Balaban J connectivity index is 1.24. The predicted molar refractivity (Wildman–Crippen MR) is 140 cm³/mol. The first-order valence-electron chi connectivity index (χ1n) is 12.6. The van der Waals surface area contributed by atoms with E-state index >= 15 is 0 Å². The largest absolute Gasteiger partial charge is 0.294 e. The van der Waals surface area contributed by atoms with E-state index in [0.29, 0.717) is 11.8 Å². The molecular weight excluding hydrogens is 428 g/mol. The molecule has 2 aliphatic rings. The zero-order valence-corrected chi connectivity index (χ0v) is 19.6. The number of fused-ring (bicyclic) bond motifs is 1. The number of carbonyl (C=O) groups is 2. The normalized spacial score (nSPS) is 22.7. The molecule has 0 unspecified atom stereocenters. The fourth-order valence-electron chi connectivity index (χ4n) is 6.31. The van der Waals surface area contributed by atoms with Crippen LogP contribution in [-0.2, 0) is 0 Å². The van der Waals surface area contributed by atoms with E-state index in [1.54, 1.807) is 0 Å². The molecule has 4 atom stereocenters. The zero-order valence-electron chi connectivity index (χ0n) is 19.6. The number of carbonyl (C=O) groups excluding carboxylic acids is 2. The van der Waals surface area contributed by atoms with Crippen LogP contribution in [0, 0.1) is 23.7 Å². The summed E-state index contributed by atoms with van der Waals surface area (Å²) in [4.78, 5) is 27.3. The van der Waals surface area contributed by atoms with Crippen molar-refractivity contribution in [2.45, 2.75) is 19.3 Å². The summed E-state index contributed by atoms with van der Waals surface area (Å²) in [6, 6.07) is 36.2. The molecule has 2 heteroatoms. The summed E-state index contributed by atoms with van der Waals surface area (Å²) in [5.41, 5.74) is 5.91. The molecule has 172 valence electrons. The summed E-state index contributed by atoms with van der Waals surface area (Å²) in [6.45, 7) is 0. The predicted octanol–water partition coefficient (Wildman–Crippen LogP) is 7.75. The highest BCUT2D eigenvalue weighted by atomic mass is 16.1. The van der Waals surface area contributed by atoms with Gasteiger partial charge in [0.15, 0.2) is 11.6 Å². The van der Waals surface area contributed by atoms with E-state index < -0.39 is 0 Å². The highest BCUT2D eigenvalue weighted by molar-refractivity contribution is 6.07. The molecule has 6 rings (SSSR count). The Morgan fingerprint density at radius 2 is 0.800 bits per heavy atom. The molecule has 2 saturated carbocycles. The topological polar surface area (TPSA) is 34.1 Å². The Morgan fingerprint density at radius 3 is 1.17 bits per heavy atom. The molecule has 4 aromatic carbocycles. The first-order chi connectivity index (χ1) is 17.2. The second-order valence-corrected chi connectivity index (χ2v) is 9.93. The molecule has 0 saturated heterocycles. The van der Waals surface area contributed by atoms with Crippen LogP contribution in [0.1, 0.15) is 40.0 Å². The van der Waals surface area contributed by atoms with Crippen LogP contribution in [-0.4, -0.2) is 11.6 Å². The fourth-order valence-corrected chi connectivity index (χ4v) is 6.31. The molecule has 0 amide bonds. The maximum atomic E-state index is 13.7.